The van der Waals surface area contributed by atoms with Gasteiger partial charge in [0, 0.05) is 12.2 Å². The van der Waals surface area contributed by atoms with Crippen molar-refractivity contribution in [3.05, 3.63) is 65.2 Å². The summed E-state index contributed by atoms with van der Waals surface area (Å²) in [6.45, 7) is 5.81. The summed E-state index contributed by atoms with van der Waals surface area (Å²) in [7, 11) is 0. The van der Waals surface area contributed by atoms with Crippen LogP contribution in [0.15, 0.2) is 48.5 Å². The van der Waals surface area contributed by atoms with E-state index in [1.54, 1.807) is 0 Å². The van der Waals surface area contributed by atoms with Crippen molar-refractivity contribution in [3.63, 3.8) is 0 Å². The van der Waals surface area contributed by atoms with Gasteiger partial charge in [-0.05, 0) is 36.6 Å². The second-order valence-corrected chi connectivity index (χ2v) is 5.89. The van der Waals surface area contributed by atoms with E-state index >= 15 is 0 Å². The maximum Gasteiger partial charge on any atom is 0.322 e. The van der Waals surface area contributed by atoms with Gasteiger partial charge in [-0.25, -0.2) is 4.79 Å². The first-order valence-electron chi connectivity index (χ1n) is 7.94. The lowest BCUT2D eigenvalue weighted by molar-refractivity contribution is -0.0135. The van der Waals surface area contributed by atoms with E-state index < -0.39 is 0 Å². The molecule has 4 nitrogen and oxygen atoms in total. The average molecular weight is 310 g/mol. The molecule has 23 heavy (non-hydrogen) atoms. The maximum absolute atomic E-state index is 12.6. The Balaban J connectivity index is 1.69. The lowest BCUT2D eigenvalue weighted by Gasteiger charge is -2.33. The van der Waals surface area contributed by atoms with Crippen molar-refractivity contribution >= 4 is 11.7 Å². The molecule has 0 bridgehead atoms. The Morgan fingerprint density at radius 3 is 2.70 bits per heavy atom. The fourth-order valence-electron chi connectivity index (χ4n) is 2.78. The number of hydrogen-bond donors (Lipinski definition) is 1. The summed E-state index contributed by atoms with van der Waals surface area (Å²) < 4.78 is 5.82. The summed E-state index contributed by atoms with van der Waals surface area (Å²) in [4.78, 5) is 14.4. The first kappa shape index (κ1) is 15.6. The van der Waals surface area contributed by atoms with E-state index in [1.165, 1.54) is 5.56 Å². The molecule has 0 aromatic heterocycles. The number of ether oxygens (including phenoxy) is 1. The van der Waals surface area contributed by atoms with Gasteiger partial charge in [0.05, 0.1) is 13.2 Å². The SMILES string of the molecule is Cc1cccc(NC(=O)N2CCOC(c3ccccc3)C2)c1C. The van der Waals surface area contributed by atoms with Crippen LogP contribution in [-0.2, 0) is 4.74 Å². The van der Waals surface area contributed by atoms with Gasteiger partial charge in [-0.2, -0.15) is 0 Å². The number of benzene rings is 2. The maximum atomic E-state index is 12.6. The number of rotatable bonds is 2. The molecule has 1 unspecified atom stereocenters. The van der Waals surface area contributed by atoms with E-state index in [9.17, 15) is 4.79 Å². The van der Waals surface area contributed by atoms with Crippen LogP contribution in [0.25, 0.3) is 0 Å². The zero-order valence-electron chi connectivity index (χ0n) is 13.6. The number of aryl methyl sites for hydroxylation is 1. The first-order valence-corrected chi connectivity index (χ1v) is 7.94. The van der Waals surface area contributed by atoms with Gasteiger partial charge in [-0.15, -0.1) is 0 Å². The molecule has 1 fully saturated rings. The van der Waals surface area contributed by atoms with Crippen molar-refractivity contribution in [1.29, 1.82) is 0 Å². The van der Waals surface area contributed by atoms with Crippen LogP contribution in [0, 0.1) is 13.8 Å². The number of carbonyl (C=O) groups excluding carboxylic acids is 1. The van der Waals surface area contributed by atoms with Crippen molar-refractivity contribution < 1.29 is 9.53 Å². The smallest absolute Gasteiger partial charge is 0.322 e. The van der Waals surface area contributed by atoms with Crippen molar-refractivity contribution in [2.24, 2.45) is 0 Å². The molecule has 3 rings (SSSR count). The fourth-order valence-corrected chi connectivity index (χ4v) is 2.78. The second-order valence-electron chi connectivity index (χ2n) is 5.89. The summed E-state index contributed by atoms with van der Waals surface area (Å²) >= 11 is 0. The lowest BCUT2D eigenvalue weighted by atomic mass is 10.1. The zero-order chi connectivity index (χ0) is 16.2. The van der Waals surface area contributed by atoms with Crippen LogP contribution in [0.5, 0.6) is 0 Å². The molecule has 1 heterocycles. The Morgan fingerprint density at radius 1 is 1.13 bits per heavy atom. The largest absolute Gasteiger partial charge is 0.370 e. The van der Waals surface area contributed by atoms with Gasteiger partial charge in [0.15, 0.2) is 0 Å². The van der Waals surface area contributed by atoms with Crippen LogP contribution in [0.3, 0.4) is 0 Å². The van der Waals surface area contributed by atoms with Gasteiger partial charge < -0.3 is 15.0 Å². The molecule has 4 heteroatoms. The third kappa shape index (κ3) is 3.54. The van der Waals surface area contributed by atoms with Gasteiger partial charge >= 0.3 is 6.03 Å². The Labute approximate surface area is 137 Å². The number of morpholine rings is 1. The summed E-state index contributed by atoms with van der Waals surface area (Å²) in [5.74, 6) is 0. The highest BCUT2D eigenvalue weighted by Crippen LogP contribution is 2.23. The van der Waals surface area contributed by atoms with Gasteiger partial charge in [0.2, 0.25) is 0 Å². The minimum Gasteiger partial charge on any atom is -0.370 e. The highest BCUT2D eigenvalue weighted by Gasteiger charge is 2.25. The molecule has 120 valence electrons. The third-order valence-corrected chi connectivity index (χ3v) is 4.37. The topological polar surface area (TPSA) is 41.6 Å². The lowest BCUT2D eigenvalue weighted by Crippen LogP contribution is -2.44. The number of hydrogen-bond acceptors (Lipinski definition) is 2. The molecule has 2 aromatic carbocycles. The van der Waals surface area contributed by atoms with Crippen molar-refractivity contribution in [2.45, 2.75) is 20.0 Å². The number of nitrogens with zero attached hydrogens (tertiary/aromatic N) is 1. The number of anilines is 1. The molecule has 1 N–H and O–H groups in total. The first-order chi connectivity index (χ1) is 11.1. The summed E-state index contributed by atoms with van der Waals surface area (Å²) in [6, 6.07) is 15.9. The summed E-state index contributed by atoms with van der Waals surface area (Å²) in [5.41, 5.74) is 4.26. The van der Waals surface area contributed by atoms with E-state index in [-0.39, 0.29) is 12.1 Å². The molecule has 0 saturated carbocycles. The molecular weight excluding hydrogens is 288 g/mol. The van der Waals surface area contributed by atoms with Crippen LogP contribution >= 0.6 is 0 Å². The Kier molecular flexibility index (Phi) is 4.63. The van der Waals surface area contributed by atoms with E-state index in [4.69, 9.17) is 4.74 Å². The average Bonchev–Trinajstić information content (AvgIpc) is 2.60. The molecule has 0 aliphatic carbocycles. The Bertz CT molecular complexity index is 685. The van der Waals surface area contributed by atoms with Crippen molar-refractivity contribution in [1.82, 2.24) is 4.90 Å². The van der Waals surface area contributed by atoms with E-state index in [0.717, 1.165) is 16.8 Å². The minimum atomic E-state index is -0.0667. The molecule has 0 radical (unpaired) electrons. The highest BCUT2D eigenvalue weighted by molar-refractivity contribution is 5.90. The minimum absolute atomic E-state index is 0.0608. The number of urea groups is 1. The second kappa shape index (κ2) is 6.84. The third-order valence-electron chi connectivity index (χ3n) is 4.37. The number of carbonyl (C=O) groups is 1. The van der Waals surface area contributed by atoms with Crippen molar-refractivity contribution in [2.75, 3.05) is 25.0 Å². The molecule has 1 atom stereocenters. The van der Waals surface area contributed by atoms with Crippen molar-refractivity contribution in [3.8, 4) is 0 Å². The molecule has 2 amide bonds. The Morgan fingerprint density at radius 2 is 1.91 bits per heavy atom. The number of nitrogens with one attached hydrogen (secondary N) is 1. The molecule has 1 saturated heterocycles. The van der Waals surface area contributed by atoms with Gasteiger partial charge in [-0.3, -0.25) is 0 Å². The molecule has 1 aliphatic heterocycles. The van der Waals surface area contributed by atoms with Crippen LogP contribution in [0.1, 0.15) is 22.8 Å². The van der Waals surface area contributed by atoms with Gasteiger partial charge in [-0.1, -0.05) is 42.5 Å². The normalized spacial score (nSPS) is 17.8. The summed E-state index contributed by atoms with van der Waals surface area (Å²) in [6.07, 6.45) is -0.0608. The monoisotopic (exact) mass is 310 g/mol. The van der Waals surface area contributed by atoms with E-state index in [2.05, 4.69) is 5.32 Å². The number of amides is 2. The van der Waals surface area contributed by atoms with E-state index in [1.807, 2.05) is 67.3 Å². The zero-order valence-corrected chi connectivity index (χ0v) is 13.6. The van der Waals surface area contributed by atoms with Crippen LogP contribution in [0.2, 0.25) is 0 Å². The molecule has 1 aliphatic rings. The Hall–Kier alpha value is -2.33. The fraction of sp³-hybridized carbons (Fsp3) is 0.316. The standard InChI is InChI=1S/C19H22N2O2/c1-14-7-6-10-17(15(14)2)20-19(22)21-11-12-23-18(13-21)16-8-4-3-5-9-16/h3-10,18H,11-13H2,1-2H3,(H,20,22). The van der Waals surface area contributed by atoms with Crippen LogP contribution < -0.4 is 5.32 Å². The molecule has 0 spiro atoms. The van der Waals surface area contributed by atoms with Crippen LogP contribution in [0.4, 0.5) is 10.5 Å². The van der Waals surface area contributed by atoms with E-state index in [0.29, 0.717) is 19.7 Å². The predicted molar refractivity (Wildman–Crippen MR) is 91.6 cm³/mol. The summed E-state index contributed by atoms with van der Waals surface area (Å²) in [5, 5.41) is 3.02. The predicted octanol–water partition coefficient (Wildman–Crippen LogP) is 3.91. The van der Waals surface area contributed by atoms with Crippen LogP contribution in [-0.4, -0.2) is 30.6 Å². The van der Waals surface area contributed by atoms with Gasteiger partial charge in [0.1, 0.15) is 6.10 Å². The molecular formula is C19H22N2O2. The quantitative estimate of drug-likeness (QED) is 0.914. The highest BCUT2D eigenvalue weighted by atomic mass is 16.5. The van der Waals surface area contributed by atoms with Gasteiger partial charge in [0.25, 0.3) is 0 Å². The molecule has 2 aromatic rings.